The minimum absolute atomic E-state index is 0.192. The Labute approximate surface area is 195 Å². The molecule has 1 aliphatic heterocycles. The molecule has 0 bridgehead atoms. The number of hydrogen-bond acceptors (Lipinski definition) is 7. The van der Waals surface area contributed by atoms with Crippen LogP contribution in [0.15, 0.2) is 66.2 Å². The molecule has 1 saturated heterocycles. The van der Waals surface area contributed by atoms with Crippen molar-refractivity contribution in [2.75, 3.05) is 27.4 Å². The molecule has 33 heavy (non-hydrogen) atoms. The minimum atomic E-state index is -0.487. The second-order valence-electron chi connectivity index (χ2n) is 7.60. The lowest BCUT2D eigenvalue weighted by Crippen LogP contribution is -2.29. The first kappa shape index (κ1) is 24.9. The van der Waals surface area contributed by atoms with Crippen LogP contribution in [0.5, 0.6) is 5.75 Å². The van der Waals surface area contributed by atoms with E-state index in [1.807, 2.05) is 54.6 Å². The van der Waals surface area contributed by atoms with Gasteiger partial charge in [-0.25, -0.2) is 4.79 Å². The second-order valence-corrected chi connectivity index (χ2v) is 7.60. The summed E-state index contributed by atoms with van der Waals surface area (Å²) in [5.74, 6) is 0.344. The third-order valence-electron chi connectivity index (χ3n) is 5.28. The topological polar surface area (TPSA) is 72.5 Å². The van der Waals surface area contributed by atoms with E-state index in [1.54, 1.807) is 21.1 Å². The fourth-order valence-corrected chi connectivity index (χ4v) is 3.58. The lowest BCUT2D eigenvalue weighted by molar-refractivity contribution is -0.137. The Kier molecular flexibility index (Phi) is 9.90. The maximum atomic E-state index is 12.3. The number of benzene rings is 2. The van der Waals surface area contributed by atoms with Crippen LogP contribution in [-0.4, -0.2) is 51.9 Å². The van der Waals surface area contributed by atoms with Crippen molar-refractivity contribution in [3.63, 3.8) is 0 Å². The highest BCUT2D eigenvalue weighted by molar-refractivity contribution is 5.83. The molecule has 7 nitrogen and oxygen atoms in total. The highest BCUT2D eigenvalue weighted by Gasteiger charge is 2.39. The van der Waals surface area contributed by atoms with Crippen molar-refractivity contribution in [2.45, 2.75) is 45.1 Å². The third kappa shape index (κ3) is 7.68. The molecule has 0 radical (unpaired) electrons. The first-order valence-corrected chi connectivity index (χ1v) is 11.0. The van der Waals surface area contributed by atoms with E-state index in [0.29, 0.717) is 25.2 Å². The molecule has 1 fully saturated rings. The van der Waals surface area contributed by atoms with Crippen LogP contribution in [0.25, 0.3) is 0 Å². The van der Waals surface area contributed by atoms with Gasteiger partial charge in [0.05, 0.1) is 39.6 Å². The normalized spacial score (nSPS) is 20.6. The molecule has 7 heteroatoms. The van der Waals surface area contributed by atoms with Crippen LogP contribution in [0.1, 0.15) is 24.5 Å². The summed E-state index contributed by atoms with van der Waals surface area (Å²) in [7, 11) is 3.22. The smallest absolute Gasteiger partial charge is 0.330 e. The van der Waals surface area contributed by atoms with Crippen LogP contribution >= 0.6 is 0 Å². The Morgan fingerprint density at radius 2 is 1.76 bits per heavy atom. The van der Waals surface area contributed by atoms with E-state index < -0.39 is 18.4 Å². The summed E-state index contributed by atoms with van der Waals surface area (Å²) in [6, 6.07) is 17.6. The second kappa shape index (κ2) is 13.1. The molecular weight excluding hydrogens is 424 g/mol. The van der Waals surface area contributed by atoms with Gasteiger partial charge in [0.25, 0.3) is 0 Å². The van der Waals surface area contributed by atoms with E-state index in [4.69, 9.17) is 28.4 Å². The van der Waals surface area contributed by atoms with E-state index >= 15 is 0 Å². The van der Waals surface area contributed by atoms with Crippen LogP contribution < -0.4 is 4.74 Å². The van der Waals surface area contributed by atoms with Crippen molar-refractivity contribution in [3.05, 3.63) is 77.4 Å². The van der Waals surface area contributed by atoms with Crippen LogP contribution in [0.3, 0.4) is 0 Å². The molecule has 3 rings (SSSR count). The maximum Gasteiger partial charge on any atom is 0.330 e. The first-order chi connectivity index (χ1) is 16.1. The van der Waals surface area contributed by atoms with Crippen LogP contribution in [-0.2, 0) is 41.7 Å². The first-order valence-electron chi connectivity index (χ1n) is 11.0. The van der Waals surface area contributed by atoms with Crippen LogP contribution in [0.2, 0.25) is 0 Å². The van der Waals surface area contributed by atoms with Gasteiger partial charge in [-0.3, -0.25) is 0 Å². The summed E-state index contributed by atoms with van der Waals surface area (Å²) >= 11 is 0. The quantitative estimate of drug-likeness (QED) is 0.352. The minimum Gasteiger partial charge on any atom is -0.497 e. The third-order valence-corrected chi connectivity index (χ3v) is 5.28. The zero-order valence-electron chi connectivity index (χ0n) is 19.4. The molecule has 0 aromatic heterocycles. The Hall–Kier alpha value is -2.71. The summed E-state index contributed by atoms with van der Waals surface area (Å²) in [6.45, 7) is 3.05. The van der Waals surface area contributed by atoms with Gasteiger partial charge in [-0.15, -0.1) is 0 Å². The van der Waals surface area contributed by atoms with Crippen molar-refractivity contribution in [2.24, 2.45) is 0 Å². The highest BCUT2D eigenvalue weighted by Crippen LogP contribution is 2.30. The lowest BCUT2D eigenvalue weighted by atomic mass is 10.0. The van der Waals surface area contributed by atoms with Gasteiger partial charge in [0.1, 0.15) is 11.9 Å². The average Bonchev–Trinajstić information content (AvgIpc) is 3.26. The Balaban J connectivity index is 1.69. The zero-order valence-corrected chi connectivity index (χ0v) is 19.4. The van der Waals surface area contributed by atoms with Gasteiger partial charge in [0, 0.05) is 19.6 Å². The Morgan fingerprint density at radius 3 is 2.42 bits per heavy atom. The number of rotatable bonds is 12. The van der Waals surface area contributed by atoms with Gasteiger partial charge in [-0.05, 0) is 35.8 Å². The van der Waals surface area contributed by atoms with E-state index in [9.17, 15) is 4.79 Å². The Morgan fingerprint density at radius 1 is 1.03 bits per heavy atom. The summed E-state index contributed by atoms with van der Waals surface area (Å²) in [5.41, 5.74) is 2.70. The number of esters is 1. The molecule has 1 aliphatic rings. The maximum absolute atomic E-state index is 12.3. The average molecular weight is 457 g/mol. The van der Waals surface area contributed by atoms with E-state index in [1.165, 1.54) is 6.08 Å². The van der Waals surface area contributed by atoms with Crippen molar-refractivity contribution >= 4 is 5.97 Å². The van der Waals surface area contributed by atoms with Gasteiger partial charge in [0.15, 0.2) is 6.29 Å². The van der Waals surface area contributed by atoms with E-state index in [-0.39, 0.29) is 19.3 Å². The highest BCUT2D eigenvalue weighted by atomic mass is 16.7. The predicted molar refractivity (Wildman–Crippen MR) is 123 cm³/mol. The summed E-state index contributed by atoms with van der Waals surface area (Å²) < 4.78 is 33.9. The lowest BCUT2D eigenvalue weighted by Gasteiger charge is -2.22. The molecule has 1 heterocycles. The number of carbonyl (C=O) groups excluding carboxylic acids is 1. The van der Waals surface area contributed by atoms with Crippen molar-refractivity contribution in [1.82, 2.24) is 0 Å². The molecule has 0 saturated carbocycles. The molecule has 3 atom stereocenters. The SMILES string of the molecule is CCOC(=O)/C=C(\COCc1ccc(OC)cc1)[C@H]1O[C@H](OC)C[C@H]1OCc1ccccc1. The molecule has 2 aromatic carbocycles. The molecule has 178 valence electrons. The molecular formula is C26H32O7. The summed E-state index contributed by atoms with van der Waals surface area (Å²) in [5, 5.41) is 0. The summed E-state index contributed by atoms with van der Waals surface area (Å²) in [6.07, 6.45) is 0.786. The van der Waals surface area contributed by atoms with Crippen molar-refractivity contribution < 1.29 is 33.2 Å². The van der Waals surface area contributed by atoms with Crippen LogP contribution in [0.4, 0.5) is 0 Å². The van der Waals surface area contributed by atoms with Crippen molar-refractivity contribution in [3.8, 4) is 5.75 Å². The van der Waals surface area contributed by atoms with Crippen molar-refractivity contribution in [1.29, 1.82) is 0 Å². The molecule has 0 unspecified atom stereocenters. The van der Waals surface area contributed by atoms with Gasteiger partial charge >= 0.3 is 5.97 Å². The molecule has 2 aromatic rings. The predicted octanol–water partition coefficient (Wildman–Crippen LogP) is 4.05. The summed E-state index contributed by atoms with van der Waals surface area (Å²) in [4.78, 5) is 12.3. The monoisotopic (exact) mass is 456 g/mol. The fraction of sp³-hybridized carbons (Fsp3) is 0.423. The van der Waals surface area contributed by atoms with Gasteiger partial charge in [-0.1, -0.05) is 42.5 Å². The van der Waals surface area contributed by atoms with Gasteiger partial charge in [-0.2, -0.15) is 0 Å². The largest absolute Gasteiger partial charge is 0.497 e. The fourth-order valence-electron chi connectivity index (χ4n) is 3.58. The molecule has 0 aliphatic carbocycles. The number of hydrogen-bond donors (Lipinski definition) is 0. The number of carbonyl (C=O) groups is 1. The Bertz CT molecular complexity index is 879. The molecule has 0 spiro atoms. The number of methoxy groups -OCH3 is 2. The van der Waals surface area contributed by atoms with Gasteiger partial charge < -0.3 is 28.4 Å². The van der Waals surface area contributed by atoms with E-state index in [2.05, 4.69) is 0 Å². The van der Waals surface area contributed by atoms with Crippen LogP contribution in [0, 0.1) is 0 Å². The van der Waals surface area contributed by atoms with E-state index in [0.717, 1.165) is 16.9 Å². The zero-order chi connectivity index (χ0) is 23.5. The molecule has 0 N–H and O–H groups in total. The molecule has 0 amide bonds. The number of ether oxygens (including phenoxy) is 6. The van der Waals surface area contributed by atoms with Gasteiger partial charge in [0.2, 0.25) is 0 Å². The standard InChI is InChI=1S/C26H32O7/c1-4-31-24(27)14-21(18-30-16-20-10-12-22(28-2)13-11-20)26-23(15-25(29-3)33-26)32-17-19-8-6-5-7-9-19/h5-14,23,25-26H,4,15-18H2,1-3H3/b21-14+/t23-,25+,26-/m1/s1.